The van der Waals surface area contributed by atoms with E-state index >= 15 is 0 Å². The van der Waals surface area contributed by atoms with E-state index in [1.807, 2.05) is 18.2 Å². The van der Waals surface area contributed by atoms with Gasteiger partial charge in [0.2, 0.25) is 0 Å². The van der Waals surface area contributed by atoms with Crippen molar-refractivity contribution in [2.75, 3.05) is 6.61 Å². The third kappa shape index (κ3) is 3.01. The first-order valence-corrected chi connectivity index (χ1v) is 7.19. The fraction of sp³-hybridized carbons (Fsp3) is 0.0556. The van der Waals surface area contributed by atoms with E-state index < -0.39 is 0 Å². The zero-order valence-corrected chi connectivity index (χ0v) is 12.4. The van der Waals surface area contributed by atoms with Crippen LogP contribution in [0.4, 0.5) is 4.39 Å². The Morgan fingerprint density at radius 3 is 2.59 bits per heavy atom. The molecule has 0 unspecified atom stereocenters. The molecule has 110 valence electrons. The van der Waals surface area contributed by atoms with Crippen molar-refractivity contribution in [3.05, 3.63) is 71.1 Å². The second kappa shape index (κ2) is 6.26. The highest BCUT2D eigenvalue weighted by atomic mass is 35.5. The predicted molar refractivity (Wildman–Crippen MR) is 88.3 cm³/mol. The van der Waals surface area contributed by atoms with E-state index in [0.29, 0.717) is 5.02 Å². The Balaban J connectivity index is 2.26. The summed E-state index contributed by atoms with van der Waals surface area (Å²) in [6.07, 6.45) is 3.37. The van der Waals surface area contributed by atoms with Crippen LogP contribution < -0.4 is 0 Å². The molecule has 1 heterocycles. The van der Waals surface area contributed by atoms with Crippen LogP contribution in [-0.2, 0) is 0 Å². The first-order valence-electron chi connectivity index (χ1n) is 6.81. The first kappa shape index (κ1) is 14.7. The molecule has 0 aliphatic rings. The van der Waals surface area contributed by atoms with Crippen molar-refractivity contribution in [2.45, 2.75) is 0 Å². The van der Waals surface area contributed by atoms with Crippen LogP contribution in [0.1, 0.15) is 5.69 Å². The lowest BCUT2D eigenvalue weighted by Gasteiger charge is -2.09. The second-order valence-electron chi connectivity index (χ2n) is 4.85. The van der Waals surface area contributed by atoms with E-state index in [1.54, 1.807) is 30.4 Å². The van der Waals surface area contributed by atoms with Gasteiger partial charge in [-0.1, -0.05) is 29.8 Å². The number of hydrogen-bond acceptors (Lipinski definition) is 2. The number of fused-ring (bicyclic) bond motifs is 1. The topological polar surface area (TPSA) is 33.1 Å². The summed E-state index contributed by atoms with van der Waals surface area (Å²) in [5, 5.41) is 10.4. The fourth-order valence-electron chi connectivity index (χ4n) is 2.35. The van der Waals surface area contributed by atoms with Crippen LogP contribution >= 0.6 is 11.6 Å². The Hall–Kier alpha value is -2.23. The Kier molecular flexibility index (Phi) is 4.18. The van der Waals surface area contributed by atoms with Crippen LogP contribution in [0.15, 0.2) is 54.6 Å². The number of hydrogen-bond donors (Lipinski definition) is 1. The molecule has 0 saturated carbocycles. The number of aromatic nitrogens is 1. The van der Waals surface area contributed by atoms with E-state index in [-0.39, 0.29) is 12.4 Å². The van der Waals surface area contributed by atoms with Gasteiger partial charge in [-0.15, -0.1) is 0 Å². The Bertz CT molecular complexity index is 844. The summed E-state index contributed by atoms with van der Waals surface area (Å²) in [4.78, 5) is 4.53. The third-order valence-corrected chi connectivity index (χ3v) is 3.57. The molecule has 0 saturated heterocycles. The largest absolute Gasteiger partial charge is 0.392 e. The summed E-state index contributed by atoms with van der Waals surface area (Å²) in [5.74, 6) is -0.277. The molecule has 0 aliphatic heterocycles. The maximum absolute atomic E-state index is 13.2. The molecule has 0 fully saturated rings. The number of benzene rings is 2. The van der Waals surface area contributed by atoms with Gasteiger partial charge in [0.25, 0.3) is 0 Å². The quantitative estimate of drug-likeness (QED) is 0.760. The van der Waals surface area contributed by atoms with Crippen LogP contribution in [0.3, 0.4) is 0 Å². The van der Waals surface area contributed by atoms with Gasteiger partial charge in [0, 0.05) is 10.4 Å². The van der Waals surface area contributed by atoms with Gasteiger partial charge in [-0.3, -0.25) is 0 Å². The fourth-order valence-corrected chi connectivity index (χ4v) is 2.52. The average Bonchev–Trinajstić information content (AvgIpc) is 2.53. The molecule has 1 aromatic heterocycles. The molecule has 2 aromatic carbocycles. The molecule has 0 atom stereocenters. The van der Waals surface area contributed by atoms with Crippen LogP contribution in [0, 0.1) is 5.82 Å². The molecule has 0 aliphatic carbocycles. The molecular weight excluding hydrogens is 301 g/mol. The lowest BCUT2D eigenvalue weighted by molar-refractivity contribution is 0.343. The van der Waals surface area contributed by atoms with Gasteiger partial charge in [-0.2, -0.15) is 0 Å². The molecule has 3 aromatic rings. The smallest absolute Gasteiger partial charge is 0.123 e. The number of nitrogens with zero attached hydrogens (tertiary/aromatic N) is 1. The van der Waals surface area contributed by atoms with Gasteiger partial charge in [0.05, 0.1) is 17.8 Å². The molecule has 0 bridgehead atoms. The van der Waals surface area contributed by atoms with Crippen molar-refractivity contribution >= 4 is 28.6 Å². The average molecular weight is 314 g/mol. The second-order valence-corrected chi connectivity index (χ2v) is 5.28. The highest BCUT2D eigenvalue weighted by Gasteiger charge is 2.08. The maximum Gasteiger partial charge on any atom is 0.123 e. The summed E-state index contributed by atoms with van der Waals surface area (Å²) in [7, 11) is 0. The van der Waals surface area contributed by atoms with E-state index in [9.17, 15) is 4.39 Å². The van der Waals surface area contributed by atoms with Crippen molar-refractivity contribution in [3.63, 3.8) is 0 Å². The number of rotatable bonds is 3. The minimum absolute atomic E-state index is 0.0494. The van der Waals surface area contributed by atoms with E-state index in [4.69, 9.17) is 16.7 Å². The lowest BCUT2D eigenvalue weighted by atomic mass is 10.00. The van der Waals surface area contributed by atoms with Gasteiger partial charge in [-0.25, -0.2) is 9.37 Å². The minimum atomic E-state index is -0.277. The van der Waals surface area contributed by atoms with E-state index in [1.165, 1.54) is 12.1 Å². The van der Waals surface area contributed by atoms with Crippen molar-refractivity contribution in [3.8, 4) is 11.1 Å². The molecule has 2 nitrogen and oxygen atoms in total. The summed E-state index contributed by atoms with van der Waals surface area (Å²) < 4.78 is 13.2. The van der Waals surface area contributed by atoms with Crippen LogP contribution in [0.2, 0.25) is 5.02 Å². The molecule has 4 heteroatoms. The van der Waals surface area contributed by atoms with Gasteiger partial charge < -0.3 is 5.11 Å². The highest BCUT2D eigenvalue weighted by Crippen LogP contribution is 2.31. The van der Waals surface area contributed by atoms with Gasteiger partial charge in [-0.05, 0) is 53.6 Å². The van der Waals surface area contributed by atoms with E-state index in [0.717, 1.165) is 27.7 Å². The summed E-state index contributed by atoms with van der Waals surface area (Å²) in [6, 6.07) is 13.7. The van der Waals surface area contributed by atoms with Crippen molar-refractivity contribution in [1.82, 2.24) is 4.98 Å². The maximum atomic E-state index is 13.2. The van der Waals surface area contributed by atoms with Crippen molar-refractivity contribution < 1.29 is 9.50 Å². The van der Waals surface area contributed by atoms with Crippen LogP contribution in [0.25, 0.3) is 28.1 Å². The lowest BCUT2D eigenvalue weighted by Crippen LogP contribution is -1.89. The summed E-state index contributed by atoms with van der Waals surface area (Å²) in [6.45, 7) is -0.0494. The molecule has 3 rings (SSSR count). The third-order valence-electron chi connectivity index (χ3n) is 3.34. The number of aliphatic hydroxyl groups is 1. The predicted octanol–water partition coefficient (Wildman–Crippen LogP) is 4.70. The molecule has 0 amide bonds. The van der Waals surface area contributed by atoms with Gasteiger partial charge >= 0.3 is 0 Å². The summed E-state index contributed by atoms with van der Waals surface area (Å²) >= 11 is 6.09. The standard InChI is InChI=1S/C18H13ClFNO/c19-13-5-8-18-17(10-13)16(11-15(21-18)2-1-9-22)12-3-6-14(20)7-4-12/h1-8,10-11,22H,9H2/b2-1+. The first-order chi connectivity index (χ1) is 10.7. The monoisotopic (exact) mass is 313 g/mol. The number of pyridine rings is 1. The molecule has 22 heavy (non-hydrogen) atoms. The Morgan fingerprint density at radius 2 is 1.86 bits per heavy atom. The van der Waals surface area contributed by atoms with Crippen molar-refractivity contribution in [2.24, 2.45) is 0 Å². The Morgan fingerprint density at radius 1 is 1.09 bits per heavy atom. The minimum Gasteiger partial charge on any atom is -0.392 e. The van der Waals surface area contributed by atoms with Gasteiger partial charge in [0.15, 0.2) is 0 Å². The van der Waals surface area contributed by atoms with Crippen molar-refractivity contribution in [1.29, 1.82) is 0 Å². The zero-order chi connectivity index (χ0) is 15.5. The van der Waals surface area contributed by atoms with E-state index in [2.05, 4.69) is 4.98 Å². The molecule has 1 N–H and O–H groups in total. The van der Waals surface area contributed by atoms with Crippen LogP contribution in [0.5, 0.6) is 0 Å². The molecular formula is C18H13ClFNO. The molecule has 0 radical (unpaired) electrons. The summed E-state index contributed by atoms with van der Waals surface area (Å²) in [5.41, 5.74) is 3.33. The molecule has 0 spiro atoms. The Labute approximate surface area is 132 Å². The normalized spacial score (nSPS) is 11.4. The highest BCUT2D eigenvalue weighted by molar-refractivity contribution is 6.31. The SMILES string of the molecule is OC/C=C/c1cc(-c2ccc(F)cc2)c2cc(Cl)ccc2n1. The zero-order valence-electron chi connectivity index (χ0n) is 11.6. The number of halogens is 2. The van der Waals surface area contributed by atoms with Crippen LogP contribution in [-0.4, -0.2) is 16.7 Å². The number of aliphatic hydroxyl groups excluding tert-OH is 1. The van der Waals surface area contributed by atoms with Gasteiger partial charge in [0.1, 0.15) is 5.82 Å².